The number of rotatable bonds is 12. The topological polar surface area (TPSA) is 97.3 Å². The Morgan fingerprint density at radius 2 is 2.00 bits per heavy atom. The molecule has 0 aliphatic heterocycles. The molecule has 0 saturated carbocycles. The van der Waals surface area contributed by atoms with Crippen LogP contribution in [-0.2, 0) is 14.8 Å². The van der Waals surface area contributed by atoms with Crippen molar-refractivity contribution in [3.05, 3.63) is 42.0 Å². The molecule has 1 unspecified atom stereocenters. The largest absolute Gasteiger partial charge is 0.483 e. The monoisotopic (exact) mass is 451 g/mol. The van der Waals surface area contributed by atoms with Crippen LogP contribution in [0.15, 0.2) is 45.7 Å². The number of ether oxygens (including phenoxy) is 2. The van der Waals surface area contributed by atoms with Crippen LogP contribution in [0.4, 0.5) is 5.69 Å². The lowest BCUT2D eigenvalue weighted by atomic mass is 10.1. The van der Waals surface area contributed by atoms with E-state index in [1.165, 1.54) is 30.5 Å². The standard InChI is InChI=1S/C22H33N3O5S/c1-7-9-11-12-17(3)30-21-19(23-13-10-8-2)14-18(22(26)29-6)15-20(21)31(27,28)24-16-25(4)5/h7,9,11-12,14-17,23H,8,10,13H2,1-6H3. The van der Waals surface area contributed by atoms with E-state index < -0.39 is 22.1 Å². The Labute approximate surface area is 185 Å². The van der Waals surface area contributed by atoms with Gasteiger partial charge in [-0.15, -0.1) is 4.40 Å². The molecule has 1 aromatic rings. The molecule has 0 aliphatic rings. The number of nitrogens with zero attached hydrogens (tertiary/aromatic N) is 2. The predicted octanol–water partition coefficient (Wildman–Crippen LogP) is 3.86. The first-order valence-corrected chi connectivity index (χ1v) is 11.5. The number of anilines is 1. The molecule has 1 aromatic carbocycles. The van der Waals surface area contributed by atoms with Gasteiger partial charge in [-0.05, 0) is 38.5 Å². The molecule has 0 bridgehead atoms. The molecule has 1 N–H and O–H groups in total. The number of carbonyl (C=O) groups is 1. The van der Waals surface area contributed by atoms with Crippen LogP contribution in [0, 0.1) is 0 Å². The maximum absolute atomic E-state index is 13.0. The van der Waals surface area contributed by atoms with Crippen LogP contribution in [0.3, 0.4) is 0 Å². The Kier molecular flexibility index (Phi) is 10.8. The van der Waals surface area contributed by atoms with Crippen molar-refractivity contribution in [1.29, 1.82) is 0 Å². The molecule has 0 saturated heterocycles. The number of esters is 1. The first-order valence-electron chi connectivity index (χ1n) is 10.1. The van der Waals surface area contributed by atoms with Crippen LogP contribution in [0.1, 0.15) is 44.0 Å². The van der Waals surface area contributed by atoms with Crippen LogP contribution < -0.4 is 10.1 Å². The number of carbonyl (C=O) groups excluding carboxylic acids is 1. The van der Waals surface area contributed by atoms with Crippen molar-refractivity contribution in [3.8, 4) is 5.75 Å². The van der Waals surface area contributed by atoms with Gasteiger partial charge in [-0.2, -0.15) is 8.42 Å². The fourth-order valence-electron chi connectivity index (χ4n) is 2.45. The van der Waals surface area contributed by atoms with E-state index in [4.69, 9.17) is 9.47 Å². The number of methoxy groups -OCH3 is 1. The third-order valence-electron chi connectivity index (χ3n) is 4.01. The second-order valence-corrected chi connectivity index (χ2v) is 8.62. The molecule has 1 rings (SSSR count). The number of benzene rings is 1. The van der Waals surface area contributed by atoms with Gasteiger partial charge in [0.05, 0.1) is 18.4 Å². The molecule has 0 radical (unpaired) electrons. The molecule has 8 nitrogen and oxygen atoms in total. The van der Waals surface area contributed by atoms with E-state index in [1.807, 2.05) is 32.1 Å². The van der Waals surface area contributed by atoms with Gasteiger partial charge in [0.25, 0.3) is 10.0 Å². The van der Waals surface area contributed by atoms with Crippen LogP contribution in [0.25, 0.3) is 0 Å². The lowest BCUT2D eigenvalue weighted by molar-refractivity contribution is 0.0600. The van der Waals surface area contributed by atoms with E-state index in [2.05, 4.69) is 9.71 Å². The number of unbranched alkanes of at least 4 members (excludes halogenated alkanes) is 1. The molecular formula is C22H33N3O5S. The minimum Gasteiger partial charge on any atom is -0.483 e. The summed E-state index contributed by atoms with van der Waals surface area (Å²) in [5.41, 5.74) is 0.478. The van der Waals surface area contributed by atoms with Gasteiger partial charge < -0.3 is 19.7 Å². The van der Waals surface area contributed by atoms with Crippen molar-refractivity contribution in [1.82, 2.24) is 4.90 Å². The molecule has 0 aliphatic carbocycles. The fraction of sp³-hybridized carbons (Fsp3) is 0.455. The van der Waals surface area contributed by atoms with Crippen molar-refractivity contribution >= 4 is 28.0 Å². The molecule has 9 heteroatoms. The van der Waals surface area contributed by atoms with E-state index in [-0.39, 0.29) is 16.2 Å². The SMILES string of the molecule is CC=CC=CC(C)Oc1c(NCCCC)cc(C(=O)OC)cc1S(=O)(=O)N=CN(C)C. The molecule has 31 heavy (non-hydrogen) atoms. The molecule has 0 aromatic heterocycles. The Bertz CT molecular complexity index is 921. The summed E-state index contributed by atoms with van der Waals surface area (Å²) in [5.74, 6) is -0.545. The molecule has 0 heterocycles. The van der Waals surface area contributed by atoms with E-state index in [9.17, 15) is 13.2 Å². The normalized spacial score (nSPS) is 13.1. The van der Waals surface area contributed by atoms with E-state index >= 15 is 0 Å². The summed E-state index contributed by atoms with van der Waals surface area (Å²) in [5, 5.41) is 3.19. The van der Waals surface area contributed by atoms with Gasteiger partial charge in [0.2, 0.25) is 0 Å². The Morgan fingerprint density at radius 3 is 2.58 bits per heavy atom. The van der Waals surface area contributed by atoms with Gasteiger partial charge in [-0.1, -0.05) is 31.6 Å². The highest BCUT2D eigenvalue weighted by Gasteiger charge is 2.26. The van der Waals surface area contributed by atoms with E-state index in [0.717, 1.165) is 12.8 Å². The van der Waals surface area contributed by atoms with Gasteiger partial charge in [0.1, 0.15) is 17.3 Å². The highest BCUT2D eigenvalue weighted by Crippen LogP contribution is 2.36. The van der Waals surface area contributed by atoms with Crippen LogP contribution in [0.5, 0.6) is 5.75 Å². The van der Waals surface area contributed by atoms with Crippen LogP contribution >= 0.6 is 0 Å². The number of hydrogen-bond acceptors (Lipinski definition) is 6. The highest BCUT2D eigenvalue weighted by atomic mass is 32.2. The number of allylic oxidation sites excluding steroid dienone is 3. The van der Waals surface area contributed by atoms with Crippen molar-refractivity contribution in [2.45, 2.75) is 44.6 Å². The van der Waals surface area contributed by atoms with Crippen LogP contribution in [-0.4, -0.2) is 59.5 Å². The van der Waals surface area contributed by atoms with Gasteiger partial charge in [0.15, 0.2) is 5.75 Å². The summed E-state index contributed by atoms with van der Waals surface area (Å²) in [6, 6.07) is 2.77. The van der Waals surface area contributed by atoms with Crippen LogP contribution in [0.2, 0.25) is 0 Å². The molecule has 172 valence electrons. The fourth-order valence-corrected chi connectivity index (χ4v) is 3.55. The average Bonchev–Trinajstić information content (AvgIpc) is 2.72. The zero-order chi connectivity index (χ0) is 23.4. The summed E-state index contributed by atoms with van der Waals surface area (Å²) in [4.78, 5) is 13.5. The molecule has 0 spiro atoms. The Balaban J connectivity index is 3.65. The smallest absolute Gasteiger partial charge is 0.337 e. The average molecular weight is 452 g/mol. The van der Waals surface area contributed by atoms with E-state index in [1.54, 1.807) is 27.1 Å². The second kappa shape index (κ2) is 12.8. The molecule has 0 amide bonds. The van der Waals surface area contributed by atoms with Crippen molar-refractivity contribution in [3.63, 3.8) is 0 Å². The second-order valence-electron chi connectivity index (χ2n) is 7.02. The van der Waals surface area contributed by atoms with Crippen molar-refractivity contribution < 1.29 is 22.7 Å². The van der Waals surface area contributed by atoms with E-state index in [0.29, 0.717) is 12.2 Å². The van der Waals surface area contributed by atoms with Gasteiger partial charge >= 0.3 is 5.97 Å². The quantitative estimate of drug-likeness (QED) is 0.169. The number of hydrogen-bond donors (Lipinski definition) is 1. The maximum atomic E-state index is 13.0. The van der Waals surface area contributed by atoms with Gasteiger partial charge in [-0.3, -0.25) is 0 Å². The minimum absolute atomic E-state index is 0.0876. The van der Waals surface area contributed by atoms with Gasteiger partial charge in [-0.25, -0.2) is 4.79 Å². The third-order valence-corrected chi connectivity index (χ3v) is 5.24. The summed E-state index contributed by atoms with van der Waals surface area (Å²) in [6.45, 7) is 6.32. The predicted molar refractivity (Wildman–Crippen MR) is 125 cm³/mol. The third kappa shape index (κ3) is 8.45. The zero-order valence-corrected chi connectivity index (χ0v) is 19.9. The Hall–Kier alpha value is -2.81. The molecule has 1 atom stereocenters. The summed E-state index contributed by atoms with van der Waals surface area (Å²) in [7, 11) is 0.402. The summed E-state index contributed by atoms with van der Waals surface area (Å²) < 4.78 is 40.6. The van der Waals surface area contributed by atoms with Crippen molar-refractivity contribution in [2.24, 2.45) is 4.40 Å². The summed E-state index contributed by atoms with van der Waals surface area (Å²) in [6.07, 6.45) is 9.89. The molecule has 0 fully saturated rings. The Morgan fingerprint density at radius 1 is 1.29 bits per heavy atom. The lowest BCUT2D eigenvalue weighted by Gasteiger charge is -2.20. The first kappa shape index (κ1) is 26.2. The van der Waals surface area contributed by atoms with Crippen molar-refractivity contribution in [2.75, 3.05) is 33.1 Å². The number of sulfonamides is 1. The maximum Gasteiger partial charge on any atom is 0.337 e. The van der Waals surface area contributed by atoms with Gasteiger partial charge in [0, 0.05) is 20.6 Å². The highest BCUT2D eigenvalue weighted by molar-refractivity contribution is 7.90. The zero-order valence-electron chi connectivity index (χ0n) is 19.1. The minimum atomic E-state index is -4.16. The molecular weight excluding hydrogens is 418 g/mol. The first-order chi connectivity index (χ1) is 14.7. The lowest BCUT2D eigenvalue weighted by Crippen LogP contribution is -2.16. The summed E-state index contributed by atoms with van der Waals surface area (Å²) >= 11 is 0. The number of nitrogens with one attached hydrogen (secondary N) is 1.